The van der Waals surface area contributed by atoms with Crippen LogP contribution < -0.4 is 5.32 Å². The second-order valence-corrected chi connectivity index (χ2v) is 5.89. The molecule has 1 fully saturated rings. The van der Waals surface area contributed by atoms with E-state index in [1.165, 1.54) is 31.2 Å². The second kappa shape index (κ2) is 7.28. The molecular formula is C16H24ClNO. The maximum Gasteiger partial charge on any atom is 0.0724 e. The van der Waals surface area contributed by atoms with Crippen LogP contribution in [0.25, 0.3) is 0 Å². The molecule has 0 amide bonds. The lowest BCUT2D eigenvalue weighted by Crippen LogP contribution is -2.42. The summed E-state index contributed by atoms with van der Waals surface area (Å²) in [7, 11) is 0. The SMILES string of the molecule is CCCNCCC1(OCc2cccc(Cl)c2)CCC1. The molecule has 1 N–H and O–H groups in total. The number of halogens is 1. The summed E-state index contributed by atoms with van der Waals surface area (Å²) in [6.45, 7) is 5.03. The normalized spacial score (nSPS) is 17.2. The molecule has 0 radical (unpaired) electrons. The van der Waals surface area contributed by atoms with Crippen molar-refractivity contribution in [1.82, 2.24) is 5.32 Å². The summed E-state index contributed by atoms with van der Waals surface area (Å²) in [5.41, 5.74) is 1.28. The van der Waals surface area contributed by atoms with Gasteiger partial charge >= 0.3 is 0 Å². The van der Waals surface area contributed by atoms with Gasteiger partial charge in [-0.25, -0.2) is 0 Å². The van der Waals surface area contributed by atoms with Crippen molar-refractivity contribution in [2.24, 2.45) is 0 Å². The van der Waals surface area contributed by atoms with Gasteiger partial charge in [0.1, 0.15) is 0 Å². The Kier molecular flexibility index (Phi) is 5.68. The van der Waals surface area contributed by atoms with Crippen LogP contribution in [-0.2, 0) is 11.3 Å². The summed E-state index contributed by atoms with van der Waals surface area (Å²) >= 11 is 6.00. The first-order chi connectivity index (χ1) is 9.24. The highest BCUT2D eigenvalue weighted by Gasteiger charge is 2.37. The smallest absolute Gasteiger partial charge is 0.0724 e. The minimum absolute atomic E-state index is 0.114. The fraction of sp³-hybridized carbons (Fsp3) is 0.625. The molecule has 0 atom stereocenters. The average molecular weight is 282 g/mol. The van der Waals surface area contributed by atoms with Crippen molar-refractivity contribution in [1.29, 1.82) is 0 Å². The molecule has 1 aliphatic rings. The standard InChI is InChI=1S/C16H24ClNO/c1-2-10-18-11-9-16(7-4-8-16)19-13-14-5-3-6-15(17)12-14/h3,5-6,12,18H,2,4,7-11,13H2,1H3. The maximum absolute atomic E-state index is 6.19. The number of ether oxygens (including phenoxy) is 1. The van der Waals surface area contributed by atoms with E-state index in [-0.39, 0.29) is 5.60 Å². The molecule has 3 heteroatoms. The Balaban J connectivity index is 1.78. The van der Waals surface area contributed by atoms with Gasteiger partial charge in [0.05, 0.1) is 12.2 Å². The van der Waals surface area contributed by atoms with Crippen molar-refractivity contribution < 1.29 is 4.74 Å². The molecule has 0 saturated heterocycles. The molecule has 2 nitrogen and oxygen atoms in total. The summed E-state index contributed by atoms with van der Waals surface area (Å²) in [4.78, 5) is 0. The molecule has 0 aromatic heterocycles. The van der Waals surface area contributed by atoms with Crippen LogP contribution in [0.3, 0.4) is 0 Å². The van der Waals surface area contributed by atoms with E-state index in [0.29, 0.717) is 6.61 Å². The molecule has 1 saturated carbocycles. The highest BCUT2D eigenvalue weighted by Crippen LogP contribution is 2.39. The number of benzene rings is 1. The summed E-state index contributed by atoms with van der Waals surface area (Å²) in [5.74, 6) is 0. The predicted octanol–water partition coefficient (Wildman–Crippen LogP) is 4.17. The Hall–Kier alpha value is -0.570. The fourth-order valence-electron chi connectivity index (χ4n) is 2.52. The highest BCUT2D eigenvalue weighted by atomic mass is 35.5. The predicted molar refractivity (Wildman–Crippen MR) is 80.6 cm³/mol. The number of hydrogen-bond acceptors (Lipinski definition) is 2. The Morgan fingerprint density at radius 3 is 2.79 bits per heavy atom. The van der Waals surface area contributed by atoms with Gasteiger partial charge in [0, 0.05) is 5.02 Å². The molecule has 19 heavy (non-hydrogen) atoms. The van der Waals surface area contributed by atoms with Crippen LogP contribution in [0.1, 0.15) is 44.6 Å². The molecule has 1 aromatic carbocycles. The molecule has 0 heterocycles. The van der Waals surface area contributed by atoms with Gasteiger partial charge in [0.15, 0.2) is 0 Å². The van der Waals surface area contributed by atoms with Crippen molar-refractivity contribution in [2.75, 3.05) is 13.1 Å². The van der Waals surface area contributed by atoms with E-state index in [1.54, 1.807) is 0 Å². The molecule has 0 spiro atoms. The topological polar surface area (TPSA) is 21.3 Å². The molecule has 0 aliphatic heterocycles. The second-order valence-electron chi connectivity index (χ2n) is 5.46. The summed E-state index contributed by atoms with van der Waals surface area (Å²) in [6, 6.07) is 7.95. The molecule has 0 bridgehead atoms. The number of nitrogens with one attached hydrogen (secondary N) is 1. The third kappa shape index (κ3) is 4.48. The molecule has 0 unspecified atom stereocenters. The molecule has 106 valence electrons. The van der Waals surface area contributed by atoms with E-state index in [1.807, 2.05) is 18.2 Å². The van der Waals surface area contributed by atoms with Gasteiger partial charge in [-0.1, -0.05) is 30.7 Å². The molecule has 1 aliphatic carbocycles. The number of hydrogen-bond donors (Lipinski definition) is 1. The van der Waals surface area contributed by atoms with E-state index >= 15 is 0 Å². The van der Waals surface area contributed by atoms with Gasteiger partial charge in [-0.2, -0.15) is 0 Å². The highest BCUT2D eigenvalue weighted by molar-refractivity contribution is 6.30. The quantitative estimate of drug-likeness (QED) is 0.722. The largest absolute Gasteiger partial charge is 0.370 e. The first kappa shape index (κ1) is 14.8. The Labute approximate surface area is 121 Å². The van der Waals surface area contributed by atoms with Crippen molar-refractivity contribution in [3.8, 4) is 0 Å². The summed E-state index contributed by atoms with van der Waals surface area (Å²) in [6.07, 6.45) is 6.00. The first-order valence-electron chi connectivity index (χ1n) is 7.33. The van der Waals surface area contributed by atoms with Crippen LogP contribution in [0.2, 0.25) is 5.02 Å². The van der Waals surface area contributed by atoms with Gasteiger partial charge in [-0.15, -0.1) is 0 Å². The van der Waals surface area contributed by atoms with Crippen LogP contribution >= 0.6 is 11.6 Å². The van der Waals surface area contributed by atoms with Crippen molar-refractivity contribution in [3.63, 3.8) is 0 Å². The maximum atomic E-state index is 6.19. The van der Waals surface area contributed by atoms with Crippen LogP contribution in [0.15, 0.2) is 24.3 Å². The summed E-state index contributed by atoms with van der Waals surface area (Å²) < 4.78 is 6.19. The first-order valence-corrected chi connectivity index (χ1v) is 7.71. The lowest BCUT2D eigenvalue weighted by atomic mass is 9.77. The van der Waals surface area contributed by atoms with Crippen LogP contribution in [0.5, 0.6) is 0 Å². The third-order valence-corrected chi connectivity index (χ3v) is 4.12. The Bertz CT molecular complexity index is 390. The molecule has 2 rings (SSSR count). The van der Waals surface area contributed by atoms with Crippen molar-refractivity contribution in [2.45, 2.75) is 51.2 Å². The van der Waals surface area contributed by atoms with Gasteiger partial charge in [-0.05, 0) is 62.9 Å². The van der Waals surface area contributed by atoms with Crippen LogP contribution in [-0.4, -0.2) is 18.7 Å². The van der Waals surface area contributed by atoms with Gasteiger partial charge in [-0.3, -0.25) is 0 Å². The Morgan fingerprint density at radius 2 is 2.16 bits per heavy atom. The van der Waals surface area contributed by atoms with Gasteiger partial charge in [0.25, 0.3) is 0 Å². The van der Waals surface area contributed by atoms with E-state index < -0.39 is 0 Å². The zero-order valence-electron chi connectivity index (χ0n) is 11.8. The van der Waals surface area contributed by atoms with E-state index in [9.17, 15) is 0 Å². The Morgan fingerprint density at radius 1 is 1.32 bits per heavy atom. The molecular weight excluding hydrogens is 258 g/mol. The summed E-state index contributed by atoms with van der Waals surface area (Å²) in [5, 5.41) is 4.25. The third-order valence-electron chi connectivity index (χ3n) is 3.88. The number of rotatable bonds is 8. The van der Waals surface area contributed by atoms with Gasteiger partial charge in [0.2, 0.25) is 0 Å². The van der Waals surface area contributed by atoms with E-state index in [0.717, 1.165) is 24.5 Å². The average Bonchev–Trinajstić information content (AvgIpc) is 2.36. The minimum atomic E-state index is 0.114. The molecule has 1 aromatic rings. The lowest BCUT2D eigenvalue weighted by molar-refractivity contribution is -0.113. The minimum Gasteiger partial charge on any atom is -0.370 e. The van der Waals surface area contributed by atoms with Crippen LogP contribution in [0, 0.1) is 0 Å². The van der Waals surface area contributed by atoms with E-state index in [2.05, 4.69) is 18.3 Å². The van der Waals surface area contributed by atoms with Crippen molar-refractivity contribution >= 4 is 11.6 Å². The van der Waals surface area contributed by atoms with Gasteiger partial charge < -0.3 is 10.1 Å². The monoisotopic (exact) mass is 281 g/mol. The van der Waals surface area contributed by atoms with E-state index in [4.69, 9.17) is 16.3 Å². The fourth-order valence-corrected chi connectivity index (χ4v) is 2.73. The van der Waals surface area contributed by atoms with Crippen molar-refractivity contribution in [3.05, 3.63) is 34.9 Å². The lowest BCUT2D eigenvalue weighted by Gasteiger charge is -2.42. The zero-order chi connectivity index (χ0) is 13.6. The van der Waals surface area contributed by atoms with Crippen LogP contribution in [0.4, 0.5) is 0 Å². The zero-order valence-corrected chi connectivity index (χ0v) is 12.5.